The molecule has 5 nitrogen and oxygen atoms in total. The van der Waals surface area contributed by atoms with Crippen LogP contribution in [0.25, 0.3) is 0 Å². The van der Waals surface area contributed by atoms with Crippen molar-refractivity contribution < 1.29 is 14.7 Å². The molecule has 4 N–H and O–H groups in total. The molecule has 1 saturated carbocycles. The normalized spacial score (nSPS) is 19.4. The van der Waals surface area contributed by atoms with Crippen LogP contribution in [0.5, 0.6) is 0 Å². The number of hydrogen-bond donors (Lipinski definition) is 3. The van der Waals surface area contributed by atoms with Crippen molar-refractivity contribution in [3.05, 3.63) is 0 Å². The van der Waals surface area contributed by atoms with Gasteiger partial charge >= 0.3 is 5.97 Å². The Hall–Kier alpha value is -1.10. The van der Waals surface area contributed by atoms with Gasteiger partial charge in [-0.1, -0.05) is 26.7 Å². The van der Waals surface area contributed by atoms with Crippen LogP contribution in [0.2, 0.25) is 0 Å². The number of carboxylic acid groups (broad SMARTS) is 1. The van der Waals surface area contributed by atoms with Crippen molar-refractivity contribution in [2.45, 2.75) is 58.4 Å². The lowest BCUT2D eigenvalue weighted by molar-refractivity contribution is -0.139. The van der Waals surface area contributed by atoms with E-state index in [1.807, 2.05) is 0 Å². The first kappa shape index (κ1) is 16.0. The van der Waals surface area contributed by atoms with E-state index >= 15 is 0 Å². The van der Waals surface area contributed by atoms with Crippen LogP contribution >= 0.6 is 0 Å². The van der Waals surface area contributed by atoms with Crippen molar-refractivity contribution in [2.24, 2.45) is 17.1 Å². The predicted octanol–water partition coefficient (Wildman–Crippen LogP) is 1.51. The number of amides is 1. The van der Waals surface area contributed by atoms with Gasteiger partial charge in [-0.2, -0.15) is 0 Å². The zero-order valence-corrected chi connectivity index (χ0v) is 11.9. The van der Waals surface area contributed by atoms with E-state index in [0.29, 0.717) is 12.5 Å². The Morgan fingerprint density at radius 3 is 2.37 bits per heavy atom. The number of carboxylic acids is 1. The Kier molecular flexibility index (Phi) is 5.79. The van der Waals surface area contributed by atoms with E-state index < -0.39 is 12.0 Å². The molecular weight excluding hydrogens is 244 g/mol. The summed E-state index contributed by atoms with van der Waals surface area (Å²) in [6.07, 6.45) is 5.48. The van der Waals surface area contributed by atoms with Gasteiger partial charge < -0.3 is 16.2 Å². The molecule has 0 heterocycles. The van der Waals surface area contributed by atoms with Crippen molar-refractivity contribution in [3.63, 3.8) is 0 Å². The average Bonchev–Trinajstić information content (AvgIpc) is 2.73. The lowest BCUT2D eigenvalue weighted by Gasteiger charge is -2.31. The second-order valence-corrected chi connectivity index (χ2v) is 6.23. The van der Waals surface area contributed by atoms with Crippen LogP contribution in [0.1, 0.15) is 52.4 Å². The van der Waals surface area contributed by atoms with E-state index in [1.54, 1.807) is 0 Å². The minimum absolute atomic E-state index is 0.187. The second-order valence-electron chi connectivity index (χ2n) is 6.23. The third-order valence-electron chi connectivity index (χ3n) is 3.87. The minimum Gasteiger partial charge on any atom is -0.481 e. The lowest BCUT2D eigenvalue weighted by atomic mass is 9.78. The SMILES string of the molecule is CC(C)CC1(CNC(=O)C(N)CC(=O)O)CCCC1. The third kappa shape index (κ3) is 5.19. The van der Waals surface area contributed by atoms with E-state index in [0.717, 1.165) is 19.3 Å². The van der Waals surface area contributed by atoms with Gasteiger partial charge in [0.15, 0.2) is 0 Å². The van der Waals surface area contributed by atoms with Crippen LogP contribution in [-0.2, 0) is 9.59 Å². The first-order valence-corrected chi connectivity index (χ1v) is 7.10. The van der Waals surface area contributed by atoms with Gasteiger partial charge in [0, 0.05) is 6.54 Å². The molecule has 0 spiro atoms. The Labute approximate surface area is 114 Å². The first-order chi connectivity index (χ1) is 8.84. The van der Waals surface area contributed by atoms with E-state index in [-0.39, 0.29) is 17.7 Å². The van der Waals surface area contributed by atoms with Crippen LogP contribution in [0, 0.1) is 11.3 Å². The fourth-order valence-electron chi connectivity index (χ4n) is 3.13. The standard InChI is InChI=1S/C14H26N2O3/c1-10(2)8-14(5-3-4-6-14)9-16-13(19)11(15)7-12(17)18/h10-11H,3-9,15H2,1-2H3,(H,16,19)(H,17,18). The molecule has 1 rings (SSSR count). The number of carbonyl (C=O) groups excluding carboxylic acids is 1. The summed E-state index contributed by atoms with van der Waals surface area (Å²) in [5.74, 6) is -0.791. The van der Waals surface area contributed by atoms with Crippen molar-refractivity contribution in [1.82, 2.24) is 5.32 Å². The number of rotatable bonds is 7. The maximum atomic E-state index is 11.8. The van der Waals surface area contributed by atoms with E-state index in [4.69, 9.17) is 10.8 Å². The van der Waals surface area contributed by atoms with Crippen molar-refractivity contribution >= 4 is 11.9 Å². The molecule has 0 saturated heterocycles. The summed E-state index contributed by atoms with van der Waals surface area (Å²) in [7, 11) is 0. The Balaban J connectivity index is 2.48. The molecule has 1 amide bonds. The van der Waals surface area contributed by atoms with Gasteiger partial charge in [0.1, 0.15) is 0 Å². The van der Waals surface area contributed by atoms with Crippen LogP contribution in [-0.4, -0.2) is 29.6 Å². The Morgan fingerprint density at radius 2 is 1.89 bits per heavy atom. The lowest BCUT2D eigenvalue weighted by Crippen LogP contribution is -2.46. The molecule has 5 heteroatoms. The average molecular weight is 270 g/mol. The summed E-state index contributed by atoms with van der Waals surface area (Å²) in [5, 5.41) is 11.5. The molecule has 0 bridgehead atoms. The minimum atomic E-state index is -1.04. The van der Waals surface area contributed by atoms with Gasteiger partial charge in [-0.05, 0) is 30.6 Å². The van der Waals surface area contributed by atoms with Gasteiger partial charge in [0.05, 0.1) is 12.5 Å². The van der Waals surface area contributed by atoms with Crippen LogP contribution in [0.15, 0.2) is 0 Å². The molecule has 1 atom stereocenters. The van der Waals surface area contributed by atoms with Crippen molar-refractivity contribution in [1.29, 1.82) is 0 Å². The van der Waals surface area contributed by atoms with Gasteiger partial charge in [-0.3, -0.25) is 9.59 Å². The number of nitrogens with two attached hydrogens (primary N) is 1. The van der Waals surface area contributed by atoms with Gasteiger partial charge in [-0.25, -0.2) is 0 Å². The summed E-state index contributed by atoms with van der Waals surface area (Å²) < 4.78 is 0. The summed E-state index contributed by atoms with van der Waals surface area (Å²) >= 11 is 0. The summed E-state index contributed by atoms with van der Waals surface area (Å²) in [6, 6.07) is -0.949. The molecule has 1 fully saturated rings. The molecule has 0 aliphatic heterocycles. The fourth-order valence-corrected chi connectivity index (χ4v) is 3.13. The quantitative estimate of drug-likeness (QED) is 0.654. The molecule has 0 aromatic heterocycles. The van der Waals surface area contributed by atoms with Crippen LogP contribution in [0.3, 0.4) is 0 Å². The summed E-state index contributed by atoms with van der Waals surface area (Å²) in [5.41, 5.74) is 5.74. The molecule has 1 aliphatic rings. The largest absolute Gasteiger partial charge is 0.481 e. The zero-order chi connectivity index (χ0) is 14.5. The highest BCUT2D eigenvalue weighted by molar-refractivity contribution is 5.85. The number of aliphatic carboxylic acids is 1. The van der Waals surface area contributed by atoms with E-state index in [9.17, 15) is 9.59 Å². The number of nitrogens with one attached hydrogen (secondary N) is 1. The fraction of sp³-hybridized carbons (Fsp3) is 0.857. The summed E-state index contributed by atoms with van der Waals surface area (Å²) in [6.45, 7) is 5.01. The molecule has 110 valence electrons. The molecule has 19 heavy (non-hydrogen) atoms. The number of hydrogen-bond acceptors (Lipinski definition) is 3. The molecule has 0 aromatic carbocycles. The van der Waals surface area contributed by atoms with Crippen LogP contribution in [0.4, 0.5) is 0 Å². The molecular formula is C14H26N2O3. The van der Waals surface area contributed by atoms with E-state index in [2.05, 4.69) is 19.2 Å². The topological polar surface area (TPSA) is 92.4 Å². The number of carbonyl (C=O) groups is 2. The van der Waals surface area contributed by atoms with Gasteiger partial charge in [0.25, 0.3) is 0 Å². The highest BCUT2D eigenvalue weighted by Gasteiger charge is 2.35. The molecule has 0 aromatic rings. The van der Waals surface area contributed by atoms with Crippen LogP contribution < -0.4 is 11.1 Å². The van der Waals surface area contributed by atoms with Gasteiger partial charge in [0.2, 0.25) is 5.91 Å². The smallest absolute Gasteiger partial charge is 0.305 e. The predicted molar refractivity (Wildman–Crippen MR) is 73.6 cm³/mol. The third-order valence-corrected chi connectivity index (χ3v) is 3.87. The summed E-state index contributed by atoms with van der Waals surface area (Å²) in [4.78, 5) is 22.3. The van der Waals surface area contributed by atoms with Gasteiger partial charge in [-0.15, -0.1) is 0 Å². The maximum absolute atomic E-state index is 11.8. The monoisotopic (exact) mass is 270 g/mol. The second kappa shape index (κ2) is 6.89. The highest BCUT2D eigenvalue weighted by Crippen LogP contribution is 2.42. The van der Waals surface area contributed by atoms with Crippen molar-refractivity contribution in [2.75, 3.05) is 6.54 Å². The molecule has 1 aliphatic carbocycles. The molecule has 1 unspecified atom stereocenters. The zero-order valence-electron chi connectivity index (χ0n) is 11.9. The highest BCUT2D eigenvalue weighted by atomic mass is 16.4. The first-order valence-electron chi connectivity index (χ1n) is 7.10. The van der Waals surface area contributed by atoms with E-state index in [1.165, 1.54) is 12.8 Å². The Bertz CT molecular complexity index is 323. The Morgan fingerprint density at radius 1 is 1.32 bits per heavy atom. The molecule has 0 radical (unpaired) electrons. The maximum Gasteiger partial charge on any atom is 0.305 e. The van der Waals surface area contributed by atoms with Crippen molar-refractivity contribution in [3.8, 4) is 0 Å².